The van der Waals surface area contributed by atoms with E-state index < -0.39 is 5.91 Å². The molecule has 106 valence electrons. The van der Waals surface area contributed by atoms with E-state index in [1.807, 2.05) is 0 Å². The van der Waals surface area contributed by atoms with Crippen LogP contribution in [0.2, 0.25) is 0 Å². The summed E-state index contributed by atoms with van der Waals surface area (Å²) in [5, 5.41) is 7.17. The van der Waals surface area contributed by atoms with Gasteiger partial charge in [-0.3, -0.25) is 4.79 Å². The van der Waals surface area contributed by atoms with Crippen molar-refractivity contribution in [3.05, 3.63) is 35.9 Å². The summed E-state index contributed by atoms with van der Waals surface area (Å²) in [5.41, 5.74) is 6.43. The van der Waals surface area contributed by atoms with Crippen LogP contribution in [0.4, 0.5) is 0 Å². The standard InChI is InChI=1S/C12H16N6O2/c1-20-3-2-14-4-9-5-15-12(16-6-9)18-8-10(7-17-18)11(13)19/h5-8,14H,2-4H2,1H3,(H2,13,19). The summed E-state index contributed by atoms with van der Waals surface area (Å²) in [6.07, 6.45) is 6.28. The van der Waals surface area contributed by atoms with E-state index in [1.54, 1.807) is 19.5 Å². The molecule has 2 rings (SSSR count). The quantitative estimate of drug-likeness (QED) is 0.660. The molecule has 0 aliphatic rings. The molecule has 0 radical (unpaired) electrons. The van der Waals surface area contributed by atoms with Crippen LogP contribution in [-0.4, -0.2) is 45.9 Å². The van der Waals surface area contributed by atoms with Crippen LogP contribution in [-0.2, 0) is 11.3 Å². The van der Waals surface area contributed by atoms with Crippen LogP contribution >= 0.6 is 0 Å². The minimum atomic E-state index is -0.532. The molecule has 0 bridgehead atoms. The maximum absolute atomic E-state index is 11.0. The van der Waals surface area contributed by atoms with Crippen molar-refractivity contribution >= 4 is 5.91 Å². The topological polar surface area (TPSA) is 108 Å². The highest BCUT2D eigenvalue weighted by Crippen LogP contribution is 2.03. The first-order valence-electron chi connectivity index (χ1n) is 6.06. The monoisotopic (exact) mass is 276 g/mol. The average molecular weight is 276 g/mol. The second kappa shape index (κ2) is 6.73. The minimum absolute atomic E-state index is 0.318. The summed E-state index contributed by atoms with van der Waals surface area (Å²) in [5.74, 6) is -0.145. The van der Waals surface area contributed by atoms with Crippen LogP contribution in [0, 0.1) is 0 Å². The molecule has 2 aromatic heterocycles. The van der Waals surface area contributed by atoms with E-state index in [0.29, 0.717) is 24.7 Å². The second-order valence-electron chi connectivity index (χ2n) is 4.10. The fraction of sp³-hybridized carbons (Fsp3) is 0.333. The smallest absolute Gasteiger partial charge is 0.251 e. The Morgan fingerprint density at radius 2 is 2.15 bits per heavy atom. The van der Waals surface area contributed by atoms with Crippen molar-refractivity contribution in [2.45, 2.75) is 6.54 Å². The number of hydrogen-bond donors (Lipinski definition) is 2. The van der Waals surface area contributed by atoms with E-state index >= 15 is 0 Å². The predicted molar refractivity (Wildman–Crippen MR) is 71.3 cm³/mol. The predicted octanol–water partition coefficient (Wildman–Crippen LogP) is -0.503. The van der Waals surface area contributed by atoms with Gasteiger partial charge in [0.15, 0.2) is 0 Å². The molecule has 2 heterocycles. The molecule has 0 saturated carbocycles. The van der Waals surface area contributed by atoms with Crippen molar-refractivity contribution in [3.8, 4) is 5.95 Å². The normalized spacial score (nSPS) is 10.7. The molecule has 20 heavy (non-hydrogen) atoms. The van der Waals surface area contributed by atoms with Gasteiger partial charge < -0.3 is 15.8 Å². The number of nitrogens with zero attached hydrogens (tertiary/aromatic N) is 4. The zero-order chi connectivity index (χ0) is 14.4. The Bertz CT molecular complexity index is 566. The van der Waals surface area contributed by atoms with E-state index in [0.717, 1.165) is 12.1 Å². The highest BCUT2D eigenvalue weighted by atomic mass is 16.5. The molecule has 8 heteroatoms. The number of ether oxygens (including phenoxy) is 1. The van der Waals surface area contributed by atoms with E-state index in [9.17, 15) is 4.79 Å². The molecule has 0 fully saturated rings. The summed E-state index contributed by atoms with van der Waals surface area (Å²) in [7, 11) is 1.66. The average Bonchev–Trinajstić information content (AvgIpc) is 2.94. The first-order valence-corrected chi connectivity index (χ1v) is 6.06. The van der Waals surface area contributed by atoms with Crippen LogP contribution in [0.5, 0.6) is 0 Å². The van der Waals surface area contributed by atoms with Crippen molar-refractivity contribution in [1.29, 1.82) is 0 Å². The zero-order valence-corrected chi connectivity index (χ0v) is 11.1. The molecule has 0 spiro atoms. The molecule has 0 aromatic carbocycles. The Kier molecular flexibility index (Phi) is 4.75. The van der Waals surface area contributed by atoms with Gasteiger partial charge in [0.1, 0.15) is 0 Å². The van der Waals surface area contributed by atoms with E-state index in [2.05, 4.69) is 20.4 Å². The lowest BCUT2D eigenvalue weighted by atomic mass is 10.3. The fourth-order valence-electron chi connectivity index (χ4n) is 1.52. The highest BCUT2D eigenvalue weighted by molar-refractivity contribution is 5.92. The number of carbonyl (C=O) groups excluding carboxylic acids is 1. The van der Waals surface area contributed by atoms with Gasteiger partial charge in [0, 0.05) is 44.4 Å². The van der Waals surface area contributed by atoms with Gasteiger partial charge in [0.2, 0.25) is 5.95 Å². The molecular formula is C12H16N6O2. The van der Waals surface area contributed by atoms with Crippen molar-refractivity contribution in [2.24, 2.45) is 5.73 Å². The molecule has 0 aliphatic carbocycles. The van der Waals surface area contributed by atoms with Gasteiger partial charge in [-0.15, -0.1) is 0 Å². The molecule has 0 saturated heterocycles. The van der Waals surface area contributed by atoms with Crippen molar-refractivity contribution < 1.29 is 9.53 Å². The second-order valence-corrected chi connectivity index (χ2v) is 4.10. The van der Waals surface area contributed by atoms with Crippen LogP contribution in [0.15, 0.2) is 24.8 Å². The fourth-order valence-corrected chi connectivity index (χ4v) is 1.52. The Labute approximate surface area is 116 Å². The lowest BCUT2D eigenvalue weighted by Gasteiger charge is -2.04. The molecule has 1 amide bonds. The van der Waals surface area contributed by atoms with Gasteiger partial charge in [0.05, 0.1) is 18.4 Å². The Balaban J connectivity index is 1.98. The number of primary amides is 1. The number of aromatic nitrogens is 4. The number of nitrogens with two attached hydrogens (primary N) is 1. The van der Waals surface area contributed by atoms with Crippen LogP contribution in [0.1, 0.15) is 15.9 Å². The minimum Gasteiger partial charge on any atom is -0.383 e. The number of methoxy groups -OCH3 is 1. The maximum atomic E-state index is 11.0. The third-order valence-corrected chi connectivity index (χ3v) is 2.58. The molecule has 0 unspecified atom stereocenters. The molecule has 2 aromatic rings. The SMILES string of the molecule is COCCNCc1cnc(-n2cc(C(N)=O)cn2)nc1. The molecule has 0 atom stereocenters. The van der Waals surface area contributed by atoms with Crippen LogP contribution in [0.25, 0.3) is 5.95 Å². The number of carbonyl (C=O) groups is 1. The lowest BCUT2D eigenvalue weighted by Crippen LogP contribution is -2.19. The van der Waals surface area contributed by atoms with Gasteiger partial charge in [-0.25, -0.2) is 14.6 Å². The largest absolute Gasteiger partial charge is 0.383 e. The number of amides is 1. The van der Waals surface area contributed by atoms with Crippen LogP contribution in [0.3, 0.4) is 0 Å². The van der Waals surface area contributed by atoms with Crippen molar-refractivity contribution in [2.75, 3.05) is 20.3 Å². The van der Waals surface area contributed by atoms with Gasteiger partial charge >= 0.3 is 0 Å². The van der Waals surface area contributed by atoms with Gasteiger partial charge in [-0.2, -0.15) is 5.10 Å². The zero-order valence-electron chi connectivity index (χ0n) is 11.1. The summed E-state index contributed by atoms with van der Waals surface area (Å²) in [4.78, 5) is 19.4. The van der Waals surface area contributed by atoms with E-state index in [1.165, 1.54) is 17.1 Å². The Morgan fingerprint density at radius 1 is 1.40 bits per heavy atom. The summed E-state index contributed by atoms with van der Waals surface area (Å²) in [6, 6.07) is 0. The Morgan fingerprint density at radius 3 is 2.75 bits per heavy atom. The number of nitrogens with one attached hydrogen (secondary N) is 1. The van der Waals surface area contributed by atoms with E-state index in [4.69, 9.17) is 10.5 Å². The highest BCUT2D eigenvalue weighted by Gasteiger charge is 2.07. The first-order chi connectivity index (χ1) is 9.70. The van der Waals surface area contributed by atoms with E-state index in [-0.39, 0.29) is 0 Å². The lowest BCUT2D eigenvalue weighted by molar-refractivity contribution is 0.100. The maximum Gasteiger partial charge on any atom is 0.251 e. The van der Waals surface area contributed by atoms with Crippen molar-refractivity contribution in [3.63, 3.8) is 0 Å². The molecular weight excluding hydrogens is 260 g/mol. The first kappa shape index (κ1) is 14.1. The van der Waals surface area contributed by atoms with Gasteiger partial charge in [-0.05, 0) is 0 Å². The van der Waals surface area contributed by atoms with Crippen LogP contribution < -0.4 is 11.1 Å². The van der Waals surface area contributed by atoms with Gasteiger partial charge in [0.25, 0.3) is 5.91 Å². The molecule has 3 N–H and O–H groups in total. The van der Waals surface area contributed by atoms with Crippen molar-refractivity contribution in [1.82, 2.24) is 25.1 Å². The summed E-state index contributed by atoms with van der Waals surface area (Å²) in [6.45, 7) is 2.08. The third kappa shape index (κ3) is 3.59. The Hall–Kier alpha value is -2.32. The summed E-state index contributed by atoms with van der Waals surface area (Å²) >= 11 is 0. The molecule has 0 aliphatic heterocycles. The van der Waals surface area contributed by atoms with Gasteiger partial charge in [-0.1, -0.05) is 0 Å². The number of rotatable bonds is 7. The number of hydrogen-bond acceptors (Lipinski definition) is 6. The molecule has 8 nitrogen and oxygen atoms in total. The third-order valence-electron chi connectivity index (χ3n) is 2.58. The summed E-state index contributed by atoms with van der Waals surface area (Å²) < 4.78 is 6.34.